The summed E-state index contributed by atoms with van der Waals surface area (Å²) in [5, 5.41) is -1.35. The predicted octanol–water partition coefficient (Wildman–Crippen LogP) is 3.46. The molecule has 0 atom stereocenters. The molecule has 1 aromatic rings. The van der Waals surface area contributed by atoms with Crippen LogP contribution in [0.4, 0.5) is 8.78 Å². The highest BCUT2D eigenvalue weighted by atomic mass is 35.5. The number of nitrogens with zero attached hydrogens (tertiary/aromatic N) is 1. The largest absolute Gasteiger partial charge is 0.462 e. The second-order valence-corrected chi connectivity index (χ2v) is 5.18. The number of esters is 1. The number of Topliss-reactive ketones (excluding diaryl/α,β-unsaturated/α-hetero) is 1. The van der Waals surface area contributed by atoms with Gasteiger partial charge in [-0.05, 0) is 13.0 Å². The molecular weight excluding hydrogens is 339 g/mol. The quantitative estimate of drug-likeness (QED) is 0.155. The van der Waals surface area contributed by atoms with Crippen LogP contribution in [0.5, 0.6) is 0 Å². The Morgan fingerprint density at radius 2 is 1.91 bits per heavy atom. The first-order chi connectivity index (χ1) is 10.2. The van der Waals surface area contributed by atoms with Gasteiger partial charge in [0, 0.05) is 20.3 Å². The number of hydrogen-bond donors (Lipinski definition) is 0. The number of rotatable bonds is 5. The summed E-state index contributed by atoms with van der Waals surface area (Å²) in [5.74, 6) is -4.33. The first-order valence-corrected chi connectivity index (χ1v) is 6.89. The molecule has 0 heterocycles. The molecular formula is C14H13Cl2F2NO3. The molecule has 0 unspecified atom stereocenters. The van der Waals surface area contributed by atoms with Gasteiger partial charge in [-0.15, -0.1) is 0 Å². The predicted molar refractivity (Wildman–Crippen MR) is 79.1 cm³/mol. The van der Waals surface area contributed by atoms with Gasteiger partial charge in [0.25, 0.3) is 0 Å². The molecule has 0 fully saturated rings. The Bertz CT molecular complexity index is 645. The van der Waals surface area contributed by atoms with E-state index in [1.165, 1.54) is 4.90 Å². The van der Waals surface area contributed by atoms with Crippen molar-refractivity contribution in [2.45, 2.75) is 6.92 Å². The lowest BCUT2D eigenvalue weighted by molar-refractivity contribution is -0.138. The zero-order valence-corrected chi connectivity index (χ0v) is 13.6. The van der Waals surface area contributed by atoms with Crippen LogP contribution < -0.4 is 0 Å². The molecule has 0 saturated carbocycles. The summed E-state index contributed by atoms with van der Waals surface area (Å²) in [6.45, 7) is 1.56. The van der Waals surface area contributed by atoms with Crippen LogP contribution in [0, 0.1) is 11.6 Å². The van der Waals surface area contributed by atoms with Gasteiger partial charge < -0.3 is 9.64 Å². The van der Waals surface area contributed by atoms with E-state index in [0.717, 1.165) is 6.20 Å². The Morgan fingerprint density at radius 3 is 2.41 bits per heavy atom. The molecule has 0 aliphatic rings. The summed E-state index contributed by atoms with van der Waals surface area (Å²) >= 11 is 11.1. The highest BCUT2D eigenvalue weighted by molar-refractivity contribution is 6.39. The average molecular weight is 352 g/mol. The molecule has 0 radical (unpaired) electrons. The van der Waals surface area contributed by atoms with Crippen LogP contribution in [0.3, 0.4) is 0 Å². The van der Waals surface area contributed by atoms with E-state index in [2.05, 4.69) is 0 Å². The van der Waals surface area contributed by atoms with E-state index in [0.29, 0.717) is 6.07 Å². The summed E-state index contributed by atoms with van der Waals surface area (Å²) < 4.78 is 32.4. The average Bonchev–Trinajstić information content (AvgIpc) is 2.42. The number of ether oxygens (including phenoxy) is 1. The lowest BCUT2D eigenvalue weighted by Crippen LogP contribution is -2.21. The third-order valence-electron chi connectivity index (χ3n) is 2.47. The van der Waals surface area contributed by atoms with Gasteiger partial charge in [0.1, 0.15) is 11.4 Å². The van der Waals surface area contributed by atoms with Crippen molar-refractivity contribution in [2.24, 2.45) is 0 Å². The minimum atomic E-state index is -1.14. The van der Waals surface area contributed by atoms with Crippen LogP contribution in [-0.4, -0.2) is 37.4 Å². The van der Waals surface area contributed by atoms with Crippen LogP contribution >= 0.6 is 23.2 Å². The van der Waals surface area contributed by atoms with Crippen LogP contribution in [0.2, 0.25) is 10.0 Å². The van der Waals surface area contributed by atoms with Crippen molar-refractivity contribution in [2.75, 3.05) is 20.7 Å². The second kappa shape index (κ2) is 7.56. The number of carbonyl (C=O) groups excluding carboxylic acids is 2. The van der Waals surface area contributed by atoms with Gasteiger partial charge in [0.2, 0.25) is 5.78 Å². The summed E-state index contributed by atoms with van der Waals surface area (Å²) in [6, 6.07) is 0.619. The summed E-state index contributed by atoms with van der Waals surface area (Å²) in [4.78, 5) is 25.6. The Kier molecular flexibility index (Phi) is 6.32. The smallest absolute Gasteiger partial charge is 0.343 e. The van der Waals surface area contributed by atoms with Crippen LogP contribution in [0.1, 0.15) is 17.3 Å². The van der Waals surface area contributed by atoms with E-state index in [4.69, 9.17) is 27.9 Å². The van der Waals surface area contributed by atoms with Gasteiger partial charge in [-0.1, -0.05) is 23.2 Å². The number of hydrogen-bond acceptors (Lipinski definition) is 4. The van der Waals surface area contributed by atoms with Gasteiger partial charge >= 0.3 is 5.97 Å². The molecule has 120 valence electrons. The summed E-state index contributed by atoms with van der Waals surface area (Å²) in [7, 11) is 3.10. The molecule has 0 aromatic heterocycles. The van der Waals surface area contributed by atoms with Crippen LogP contribution in [-0.2, 0) is 9.53 Å². The summed E-state index contributed by atoms with van der Waals surface area (Å²) in [6.07, 6.45) is 1.14. The zero-order valence-electron chi connectivity index (χ0n) is 12.0. The number of carbonyl (C=O) groups is 2. The monoisotopic (exact) mass is 351 g/mol. The molecule has 0 aliphatic heterocycles. The molecule has 0 bridgehead atoms. The standard InChI is InChI=1S/C14H13Cl2F2NO3/c1-4-22-14(21)7(6-19(2)3)13(20)10-9(17)5-8(15)12(18)11(10)16/h5-6H,4H2,1-3H3. The van der Waals surface area contributed by atoms with Gasteiger partial charge in [-0.3, -0.25) is 4.79 Å². The molecule has 8 heteroatoms. The molecule has 1 rings (SSSR count). The van der Waals surface area contributed by atoms with E-state index < -0.39 is 44.6 Å². The first-order valence-electron chi connectivity index (χ1n) is 6.13. The SMILES string of the molecule is CCOC(=O)C(=CN(C)C)C(=O)c1c(F)cc(Cl)c(F)c1Cl. The fraction of sp³-hybridized carbons (Fsp3) is 0.286. The lowest BCUT2D eigenvalue weighted by atomic mass is 10.0. The lowest BCUT2D eigenvalue weighted by Gasteiger charge is -2.12. The molecule has 0 aliphatic carbocycles. The fourth-order valence-electron chi connectivity index (χ4n) is 1.58. The van der Waals surface area contributed by atoms with Crippen molar-refractivity contribution in [3.8, 4) is 0 Å². The maximum absolute atomic E-state index is 13.9. The molecule has 4 nitrogen and oxygen atoms in total. The van der Waals surface area contributed by atoms with Crippen molar-refractivity contribution in [3.05, 3.63) is 45.1 Å². The molecule has 22 heavy (non-hydrogen) atoms. The topological polar surface area (TPSA) is 46.6 Å². The fourth-order valence-corrected chi connectivity index (χ4v) is 2.10. The maximum atomic E-state index is 13.9. The van der Waals surface area contributed by atoms with Crippen molar-refractivity contribution in [3.63, 3.8) is 0 Å². The number of benzene rings is 1. The Labute approximate surface area is 136 Å². The van der Waals surface area contributed by atoms with Crippen molar-refractivity contribution in [1.29, 1.82) is 0 Å². The maximum Gasteiger partial charge on any atom is 0.343 e. The van der Waals surface area contributed by atoms with Crippen LogP contribution in [0.25, 0.3) is 0 Å². The molecule has 0 amide bonds. The normalized spacial score (nSPS) is 11.3. The van der Waals surface area contributed by atoms with E-state index in [9.17, 15) is 18.4 Å². The zero-order chi connectivity index (χ0) is 17.0. The van der Waals surface area contributed by atoms with E-state index in [-0.39, 0.29) is 6.61 Å². The first kappa shape index (κ1) is 18.4. The van der Waals surface area contributed by atoms with E-state index in [1.54, 1.807) is 21.0 Å². The molecule has 0 N–H and O–H groups in total. The Hall–Kier alpha value is -1.66. The molecule has 0 spiro atoms. The minimum absolute atomic E-state index is 0.0159. The highest BCUT2D eigenvalue weighted by Gasteiger charge is 2.29. The second-order valence-electron chi connectivity index (χ2n) is 4.40. The van der Waals surface area contributed by atoms with Crippen molar-refractivity contribution in [1.82, 2.24) is 4.90 Å². The third-order valence-corrected chi connectivity index (χ3v) is 3.10. The van der Waals surface area contributed by atoms with Crippen molar-refractivity contribution < 1.29 is 23.1 Å². The molecule has 0 saturated heterocycles. The van der Waals surface area contributed by atoms with E-state index >= 15 is 0 Å². The number of halogens is 4. The van der Waals surface area contributed by atoms with E-state index in [1.807, 2.05) is 0 Å². The van der Waals surface area contributed by atoms with Gasteiger partial charge in [0.05, 0.1) is 22.2 Å². The van der Waals surface area contributed by atoms with Gasteiger partial charge in [0.15, 0.2) is 5.82 Å². The van der Waals surface area contributed by atoms with Crippen LogP contribution in [0.15, 0.2) is 17.8 Å². The Morgan fingerprint density at radius 1 is 1.32 bits per heavy atom. The molecule has 1 aromatic carbocycles. The summed E-state index contributed by atoms with van der Waals surface area (Å²) in [5.41, 5.74) is -1.25. The van der Waals surface area contributed by atoms with Crippen molar-refractivity contribution >= 4 is 35.0 Å². The van der Waals surface area contributed by atoms with Gasteiger partial charge in [-0.25, -0.2) is 13.6 Å². The number of ketones is 1. The third kappa shape index (κ3) is 3.96. The Balaban J connectivity index is 3.44. The van der Waals surface area contributed by atoms with Gasteiger partial charge in [-0.2, -0.15) is 0 Å². The highest BCUT2D eigenvalue weighted by Crippen LogP contribution is 2.30. The minimum Gasteiger partial charge on any atom is -0.462 e.